The second kappa shape index (κ2) is 11.0. The van der Waals surface area contributed by atoms with Gasteiger partial charge in [-0.2, -0.15) is 0 Å². The fourth-order valence-electron chi connectivity index (χ4n) is 4.00. The zero-order valence-corrected chi connectivity index (χ0v) is 22.1. The molecular formula is C28H33N3O5S. The number of carbonyl (C=O) groups is 1. The molecule has 2 heterocycles. The number of nitrogens with zero attached hydrogens (tertiary/aromatic N) is 1. The first-order valence-corrected chi connectivity index (χ1v) is 13.8. The lowest BCUT2D eigenvalue weighted by Gasteiger charge is -2.27. The number of rotatable bonds is 8. The van der Waals surface area contributed by atoms with Gasteiger partial charge in [0.1, 0.15) is 11.9 Å². The minimum Gasteiger partial charge on any atom is -0.489 e. The van der Waals surface area contributed by atoms with Crippen LogP contribution in [0, 0.1) is 5.41 Å². The van der Waals surface area contributed by atoms with Gasteiger partial charge < -0.3 is 15.2 Å². The number of aliphatic hydroxyl groups is 1. The van der Waals surface area contributed by atoms with Crippen LogP contribution in [-0.4, -0.2) is 43.6 Å². The Hall–Kier alpha value is -3.27. The van der Waals surface area contributed by atoms with Crippen LogP contribution in [0.2, 0.25) is 0 Å². The number of aryl methyl sites for hydroxylation is 1. The van der Waals surface area contributed by atoms with E-state index < -0.39 is 27.4 Å². The molecule has 1 aliphatic rings. The molecule has 196 valence electrons. The van der Waals surface area contributed by atoms with Crippen molar-refractivity contribution >= 4 is 15.9 Å². The van der Waals surface area contributed by atoms with Gasteiger partial charge in [0, 0.05) is 36.5 Å². The van der Waals surface area contributed by atoms with E-state index in [0.29, 0.717) is 13.1 Å². The van der Waals surface area contributed by atoms with Gasteiger partial charge in [0.25, 0.3) is 10.0 Å². The van der Waals surface area contributed by atoms with Crippen molar-refractivity contribution in [1.82, 2.24) is 15.0 Å². The topological polar surface area (TPSA) is 118 Å². The molecule has 0 radical (unpaired) electrons. The van der Waals surface area contributed by atoms with Gasteiger partial charge >= 0.3 is 0 Å². The predicted octanol–water partition coefficient (Wildman–Crippen LogP) is 3.62. The monoisotopic (exact) mass is 523 g/mol. The summed E-state index contributed by atoms with van der Waals surface area (Å²) in [5.74, 6) is 0.281. The standard InChI is InChI=1S/C28H33N3O5S/c1-28(2,3)27(33)31-37(34,35)24-11-7-19(8-12-24)20-9-13-26-21(15-20)6-10-23(36-26)17-30-18-25(32)22-5-4-14-29-16-22/h4-5,7-9,11-16,23,25,30,32H,6,10,17-18H2,1-3H3,(H,31,33)/t23-,25+/m1/s1. The molecule has 1 amide bonds. The maximum Gasteiger partial charge on any atom is 0.264 e. The largest absolute Gasteiger partial charge is 0.489 e. The van der Waals surface area contributed by atoms with E-state index in [0.717, 1.165) is 40.8 Å². The van der Waals surface area contributed by atoms with Crippen molar-refractivity contribution in [2.24, 2.45) is 5.41 Å². The smallest absolute Gasteiger partial charge is 0.264 e. The lowest BCUT2D eigenvalue weighted by atomic mass is 9.96. The van der Waals surface area contributed by atoms with Crippen LogP contribution in [-0.2, 0) is 21.2 Å². The van der Waals surface area contributed by atoms with Crippen LogP contribution in [0.25, 0.3) is 11.1 Å². The number of sulfonamides is 1. The first-order valence-electron chi connectivity index (χ1n) is 12.3. The second-order valence-electron chi connectivity index (χ2n) is 10.3. The van der Waals surface area contributed by atoms with E-state index in [1.165, 1.54) is 12.1 Å². The van der Waals surface area contributed by atoms with Gasteiger partial charge in [0.15, 0.2) is 0 Å². The molecule has 2 aromatic carbocycles. The zero-order chi connectivity index (χ0) is 26.6. The summed E-state index contributed by atoms with van der Waals surface area (Å²) in [6.07, 6.45) is 4.42. The van der Waals surface area contributed by atoms with Crippen LogP contribution >= 0.6 is 0 Å². The van der Waals surface area contributed by atoms with Gasteiger partial charge in [0.05, 0.1) is 11.0 Å². The highest BCUT2D eigenvalue weighted by Crippen LogP contribution is 2.32. The highest BCUT2D eigenvalue weighted by atomic mass is 32.2. The minimum atomic E-state index is -3.94. The maximum atomic E-state index is 12.6. The van der Waals surface area contributed by atoms with E-state index in [1.54, 1.807) is 51.4 Å². The third-order valence-electron chi connectivity index (χ3n) is 6.27. The van der Waals surface area contributed by atoms with Crippen LogP contribution in [0.15, 0.2) is 71.9 Å². The molecule has 0 fully saturated rings. The van der Waals surface area contributed by atoms with E-state index in [-0.39, 0.29) is 11.0 Å². The van der Waals surface area contributed by atoms with Gasteiger partial charge in [-0.3, -0.25) is 9.78 Å². The van der Waals surface area contributed by atoms with E-state index in [2.05, 4.69) is 21.1 Å². The highest BCUT2D eigenvalue weighted by Gasteiger charge is 2.27. The number of pyridine rings is 1. The minimum absolute atomic E-state index is 0.00671. The van der Waals surface area contributed by atoms with Crippen molar-refractivity contribution in [3.05, 3.63) is 78.1 Å². The third kappa shape index (κ3) is 6.74. The Balaban J connectivity index is 1.35. The van der Waals surface area contributed by atoms with Crippen LogP contribution < -0.4 is 14.8 Å². The van der Waals surface area contributed by atoms with Crippen molar-refractivity contribution in [3.8, 4) is 16.9 Å². The quantitative estimate of drug-likeness (QED) is 0.413. The summed E-state index contributed by atoms with van der Waals surface area (Å²) in [5.41, 5.74) is 2.89. The number of benzene rings is 2. The van der Waals surface area contributed by atoms with Gasteiger partial charge in [-0.25, -0.2) is 13.1 Å². The highest BCUT2D eigenvalue weighted by molar-refractivity contribution is 7.90. The maximum absolute atomic E-state index is 12.6. The second-order valence-corrected chi connectivity index (χ2v) is 12.0. The molecular weight excluding hydrogens is 490 g/mol. The Bertz CT molecular complexity index is 1340. The third-order valence-corrected chi connectivity index (χ3v) is 7.62. The Morgan fingerprint density at radius 1 is 1.14 bits per heavy atom. The molecule has 0 spiro atoms. The van der Waals surface area contributed by atoms with E-state index in [4.69, 9.17) is 4.74 Å². The summed E-state index contributed by atoms with van der Waals surface area (Å²) >= 11 is 0. The summed E-state index contributed by atoms with van der Waals surface area (Å²) in [4.78, 5) is 16.2. The van der Waals surface area contributed by atoms with E-state index >= 15 is 0 Å². The molecule has 0 saturated carbocycles. The molecule has 4 rings (SSSR count). The van der Waals surface area contributed by atoms with Crippen molar-refractivity contribution < 1.29 is 23.1 Å². The van der Waals surface area contributed by atoms with Crippen LogP contribution in [0.3, 0.4) is 0 Å². The Morgan fingerprint density at radius 3 is 2.54 bits per heavy atom. The van der Waals surface area contributed by atoms with Crippen molar-refractivity contribution in [1.29, 1.82) is 0 Å². The molecule has 37 heavy (non-hydrogen) atoms. The van der Waals surface area contributed by atoms with Gasteiger partial charge in [-0.05, 0) is 59.9 Å². The first kappa shape index (κ1) is 26.8. The Labute approximate surface area is 218 Å². The van der Waals surface area contributed by atoms with Gasteiger partial charge in [0.2, 0.25) is 5.91 Å². The molecule has 1 aliphatic heterocycles. The molecule has 0 saturated heterocycles. The average Bonchev–Trinajstić information content (AvgIpc) is 2.88. The van der Waals surface area contributed by atoms with Crippen LogP contribution in [0.5, 0.6) is 5.75 Å². The normalized spacial score (nSPS) is 16.4. The summed E-state index contributed by atoms with van der Waals surface area (Å²) in [6.45, 7) is 6.03. The molecule has 8 nitrogen and oxygen atoms in total. The predicted molar refractivity (Wildman–Crippen MR) is 141 cm³/mol. The fourth-order valence-corrected chi connectivity index (χ4v) is 5.16. The summed E-state index contributed by atoms with van der Waals surface area (Å²) in [7, 11) is -3.94. The van der Waals surface area contributed by atoms with Gasteiger partial charge in [-0.15, -0.1) is 0 Å². The van der Waals surface area contributed by atoms with Crippen molar-refractivity contribution in [2.75, 3.05) is 13.1 Å². The molecule has 0 unspecified atom stereocenters. The number of nitrogens with one attached hydrogen (secondary N) is 2. The van der Waals surface area contributed by atoms with Crippen LogP contribution in [0.1, 0.15) is 44.4 Å². The van der Waals surface area contributed by atoms with Gasteiger partial charge in [-0.1, -0.05) is 45.0 Å². The summed E-state index contributed by atoms with van der Waals surface area (Å²) in [6, 6.07) is 16.1. The number of hydrogen-bond acceptors (Lipinski definition) is 7. The molecule has 1 aromatic heterocycles. The molecule has 0 aliphatic carbocycles. The van der Waals surface area contributed by atoms with Crippen molar-refractivity contribution in [2.45, 2.75) is 50.7 Å². The van der Waals surface area contributed by atoms with Crippen molar-refractivity contribution in [3.63, 3.8) is 0 Å². The SMILES string of the molecule is CC(C)(C)C(=O)NS(=O)(=O)c1ccc(-c2ccc3c(c2)CC[C@H](CNC[C@H](O)c2cccnc2)O3)cc1. The zero-order valence-electron chi connectivity index (χ0n) is 21.3. The van der Waals surface area contributed by atoms with E-state index in [1.807, 2.05) is 18.2 Å². The Kier molecular flexibility index (Phi) is 7.96. The number of ether oxygens (including phenoxy) is 1. The summed E-state index contributed by atoms with van der Waals surface area (Å²) < 4.78 is 33.5. The molecule has 3 aromatic rings. The summed E-state index contributed by atoms with van der Waals surface area (Å²) in [5, 5.41) is 13.6. The van der Waals surface area contributed by atoms with Crippen LogP contribution in [0.4, 0.5) is 0 Å². The number of hydrogen-bond donors (Lipinski definition) is 3. The lowest BCUT2D eigenvalue weighted by molar-refractivity contribution is -0.126. The molecule has 9 heteroatoms. The number of aromatic nitrogens is 1. The molecule has 3 N–H and O–H groups in total. The number of amides is 1. The average molecular weight is 524 g/mol. The van der Waals surface area contributed by atoms with E-state index in [9.17, 15) is 18.3 Å². The number of aliphatic hydroxyl groups excluding tert-OH is 1. The lowest BCUT2D eigenvalue weighted by Crippen LogP contribution is -2.38. The number of fused-ring (bicyclic) bond motifs is 1. The number of carbonyl (C=O) groups excluding carboxylic acids is 1. The first-order chi connectivity index (χ1) is 17.5. The fraction of sp³-hybridized carbons (Fsp3) is 0.357. The molecule has 0 bridgehead atoms. The Morgan fingerprint density at radius 2 is 1.86 bits per heavy atom. The molecule has 2 atom stereocenters.